The Morgan fingerprint density at radius 1 is 1.15 bits per heavy atom. The highest BCUT2D eigenvalue weighted by molar-refractivity contribution is 6.00. The van der Waals surface area contributed by atoms with E-state index in [1.807, 2.05) is 13.0 Å². The molecule has 0 spiro atoms. The van der Waals surface area contributed by atoms with Crippen molar-refractivity contribution in [2.24, 2.45) is 5.92 Å². The summed E-state index contributed by atoms with van der Waals surface area (Å²) in [5.74, 6) is 0.188. The van der Waals surface area contributed by atoms with Gasteiger partial charge in [0, 0.05) is 36.7 Å². The van der Waals surface area contributed by atoms with Gasteiger partial charge in [-0.25, -0.2) is 17.6 Å². The number of piperidine rings is 1. The summed E-state index contributed by atoms with van der Waals surface area (Å²) in [7, 11) is 0. The third-order valence-electron chi connectivity index (χ3n) is 10.8. The number of benzene rings is 1. The van der Waals surface area contributed by atoms with Gasteiger partial charge in [0.15, 0.2) is 5.82 Å². The zero-order valence-electron chi connectivity index (χ0n) is 25.9. The molecule has 9 nitrogen and oxygen atoms in total. The van der Waals surface area contributed by atoms with Gasteiger partial charge in [-0.1, -0.05) is 6.92 Å². The molecule has 6 heterocycles. The number of aromatic amines is 1. The Balaban J connectivity index is 1.27. The molecule has 0 radical (unpaired) electrons. The molecule has 0 bridgehead atoms. The summed E-state index contributed by atoms with van der Waals surface area (Å²) >= 11 is 0. The molecular weight excluding hydrogens is 602 g/mol. The van der Waals surface area contributed by atoms with Crippen LogP contribution in [0, 0.1) is 18.7 Å². The molecule has 46 heavy (non-hydrogen) atoms. The van der Waals surface area contributed by atoms with Crippen molar-refractivity contribution >= 4 is 27.6 Å². The highest BCUT2D eigenvalue weighted by atomic mass is 19.3. The summed E-state index contributed by atoms with van der Waals surface area (Å²) in [6, 6.07) is 1.90. The second-order valence-corrected chi connectivity index (χ2v) is 13.9. The lowest BCUT2D eigenvalue weighted by Crippen LogP contribution is -2.53. The summed E-state index contributed by atoms with van der Waals surface area (Å²) in [6.07, 6.45) is 2.46. The number of H-pyrrole nitrogens is 1. The second kappa shape index (κ2) is 10.7. The Bertz CT molecular complexity index is 1840. The third kappa shape index (κ3) is 4.71. The van der Waals surface area contributed by atoms with Gasteiger partial charge < -0.3 is 14.7 Å². The first kappa shape index (κ1) is 29.8. The Kier molecular flexibility index (Phi) is 6.95. The van der Waals surface area contributed by atoms with Crippen molar-refractivity contribution in [2.45, 2.75) is 82.0 Å². The molecule has 2 N–H and O–H groups in total. The first-order chi connectivity index (χ1) is 22.1. The molecule has 4 aromatic rings. The molecule has 3 aromatic heterocycles. The van der Waals surface area contributed by atoms with Crippen LogP contribution in [0.2, 0.25) is 0 Å². The smallest absolute Gasteiger partial charge is 0.319 e. The molecule has 244 valence electrons. The zero-order valence-corrected chi connectivity index (χ0v) is 25.9. The third-order valence-corrected chi connectivity index (χ3v) is 10.8. The van der Waals surface area contributed by atoms with Crippen molar-refractivity contribution in [3.05, 3.63) is 35.4 Å². The highest BCUT2D eigenvalue weighted by Crippen LogP contribution is 2.53. The lowest BCUT2D eigenvalue weighted by Gasteiger charge is -2.39. The summed E-state index contributed by atoms with van der Waals surface area (Å²) in [5, 5.41) is 19.0. The van der Waals surface area contributed by atoms with E-state index in [0.29, 0.717) is 31.0 Å². The van der Waals surface area contributed by atoms with Crippen LogP contribution in [0.1, 0.15) is 62.5 Å². The summed E-state index contributed by atoms with van der Waals surface area (Å²) in [4.78, 5) is 17.4. The van der Waals surface area contributed by atoms with Crippen molar-refractivity contribution in [1.29, 1.82) is 0 Å². The van der Waals surface area contributed by atoms with Crippen molar-refractivity contribution in [3.8, 4) is 17.3 Å². The largest absolute Gasteiger partial charge is 0.461 e. The van der Waals surface area contributed by atoms with Gasteiger partial charge in [-0.2, -0.15) is 15.1 Å². The number of β-amino-alcohol motifs (C(OH)–C–C–N with tert-alkyl or cyclic N) is 1. The van der Waals surface area contributed by atoms with E-state index < -0.39 is 36.1 Å². The van der Waals surface area contributed by atoms with E-state index in [-0.39, 0.29) is 53.8 Å². The Hall–Kier alpha value is -3.58. The molecule has 0 amide bonds. The number of rotatable bonds is 7. The predicted octanol–water partition coefficient (Wildman–Crippen LogP) is 5.69. The van der Waals surface area contributed by atoms with Crippen LogP contribution in [0.25, 0.3) is 33.1 Å². The van der Waals surface area contributed by atoms with Crippen LogP contribution in [0.15, 0.2) is 18.5 Å². The lowest BCUT2D eigenvalue weighted by molar-refractivity contribution is -0.102. The molecule has 4 fully saturated rings. The lowest BCUT2D eigenvalue weighted by atomic mass is 9.91. The molecule has 1 saturated carbocycles. The summed E-state index contributed by atoms with van der Waals surface area (Å²) in [5.41, 5.74) is 0.787. The van der Waals surface area contributed by atoms with Crippen molar-refractivity contribution < 1.29 is 27.4 Å². The molecule has 1 aromatic carbocycles. The number of hydrogen-bond donors (Lipinski definition) is 2. The SMILES string of the molecule is Cc1cc2[nH]ncc2c(-c2ncc3c(N4CCC[C@](O)(C(F)F)C4)nc(OC[C@@]45CCCN4C[C@H](F)C5)nc3c2F)c1[C@H]1C[C@H]1C. The average molecular weight is 640 g/mol. The zero-order chi connectivity index (χ0) is 32.0. The fourth-order valence-corrected chi connectivity index (χ4v) is 8.27. The van der Waals surface area contributed by atoms with Crippen LogP contribution in [-0.2, 0) is 0 Å². The number of nitrogens with zero attached hydrogens (tertiary/aromatic N) is 6. The monoisotopic (exact) mass is 639 g/mol. The number of pyridine rings is 1. The number of hydrogen-bond acceptors (Lipinski definition) is 8. The van der Waals surface area contributed by atoms with E-state index in [1.165, 1.54) is 6.20 Å². The number of alkyl halides is 3. The first-order valence-electron chi connectivity index (χ1n) is 16.2. The Labute approximate surface area is 263 Å². The molecule has 8 rings (SSSR count). The van der Waals surface area contributed by atoms with E-state index in [1.54, 1.807) is 11.1 Å². The number of aryl methyl sites for hydroxylation is 1. The van der Waals surface area contributed by atoms with Gasteiger partial charge in [0.1, 0.15) is 35.4 Å². The van der Waals surface area contributed by atoms with Gasteiger partial charge in [0.05, 0.1) is 29.2 Å². The standard InChI is InChI=1S/C33H37F4N7O2/c1-17-9-20(17)24-18(2)10-23-21(13-39-42-23)25(24)28-26(35)27-22(12-38-28)29(43-7-4-6-33(45,15-43)30(36)37)41-31(40-27)46-16-32-5-3-8-44(32)14-19(34)11-32/h10,12-13,17,19-20,30,45H,3-9,11,14-16H2,1-2H3,(H,39,42)/t17-,19-,20+,32+,33-/m1/s1. The molecule has 3 saturated heterocycles. The normalized spacial score (nSPS) is 29.7. The van der Waals surface area contributed by atoms with Crippen LogP contribution in [0.5, 0.6) is 6.01 Å². The molecule has 5 atom stereocenters. The van der Waals surface area contributed by atoms with E-state index in [9.17, 15) is 18.3 Å². The quantitative estimate of drug-likeness (QED) is 0.249. The van der Waals surface area contributed by atoms with Gasteiger partial charge >= 0.3 is 6.01 Å². The van der Waals surface area contributed by atoms with Gasteiger partial charge in [-0.05, 0) is 74.6 Å². The molecule has 1 aliphatic carbocycles. The van der Waals surface area contributed by atoms with E-state index in [4.69, 9.17) is 4.74 Å². The summed E-state index contributed by atoms with van der Waals surface area (Å²) < 4.78 is 65.6. The minimum Gasteiger partial charge on any atom is -0.461 e. The van der Waals surface area contributed by atoms with Crippen LogP contribution in [0.3, 0.4) is 0 Å². The van der Waals surface area contributed by atoms with Crippen LogP contribution < -0.4 is 9.64 Å². The van der Waals surface area contributed by atoms with Gasteiger partial charge in [0.25, 0.3) is 6.43 Å². The molecule has 13 heteroatoms. The van der Waals surface area contributed by atoms with Crippen LogP contribution in [0.4, 0.5) is 23.4 Å². The average Bonchev–Trinajstić information content (AvgIpc) is 3.31. The number of ether oxygens (including phenoxy) is 1. The molecule has 4 aliphatic rings. The predicted molar refractivity (Wildman–Crippen MR) is 165 cm³/mol. The minimum atomic E-state index is -2.97. The fourth-order valence-electron chi connectivity index (χ4n) is 8.27. The topological polar surface area (TPSA) is 103 Å². The van der Waals surface area contributed by atoms with E-state index >= 15 is 4.39 Å². The first-order valence-corrected chi connectivity index (χ1v) is 16.2. The number of fused-ring (bicyclic) bond motifs is 3. The molecular formula is C33H37F4N7O2. The van der Waals surface area contributed by atoms with Crippen molar-refractivity contribution in [3.63, 3.8) is 0 Å². The van der Waals surface area contributed by atoms with Gasteiger partial charge in [-0.3, -0.25) is 15.0 Å². The number of nitrogens with one attached hydrogen (secondary N) is 1. The maximum atomic E-state index is 17.0. The van der Waals surface area contributed by atoms with Crippen molar-refractivity contribution in [1.82, 2.24) is 30.0 Å². The number of anilines is 1. The highest BCUT2D eigenvalue weighted by Gasteiger charge is 2.49. The maximum absolute atomic E-state index is 17.0. The van der Waals surface area contributed by atoms with Crippen LogP contribution >= 0.6 is 0 Å². The Morgan fingerprint density at radius 2 is 1.96 bits per heavy atom. The second-order valence-electron chi connectivity index (χ2n) is 13.9. The summed E-state index contributed by atoms with van der Waals surface area (Å²) in [6.45, 7) is 5.35. The maximum Gasteiger partial charge on any atom is 0.319 e. The molecule has 3 aliphatic heterocycles. The minimum absolute atomic E-state index is 0.0559. The number of aromatic nitrogens is 5. The Morgan fingerprint density at radius 3 is 2.74 bits per heavy atom. The van der Waals surface area contributed by atoms with Gasteiger partial charge in [-0.15, -0.1) is 0 Å². The van der Waals surface area contributed by atoms with Crippen molar-refractivity contribution in [2.75, 3.05) is 37.7 Å². The van der Waals surface area contributed by atoms with E-state index in [0.717, 1.165) is 47.8 Å². The van der Waals surface area contributed by atoms with E-state index in [2.05, 4.69) is 37.0 Å². The number of aliphatic hydroxyl groups is 1. The fraction of sp³-hybridized carbons (Fsp3) is 0.576. The van der Waals surface area contributed by atoms with Crippen LogP contribution in [-0.4, -0.2) is 91.7 Å². The molecule has 0 unspecified atom stereocenters. The van der Waals surface area contributed by atoms with Gasteiger partial charge in [0.2, 0.25) is 0 Å². The number of halogens is 4.